The van der Waals surface area contributed by atoms with Crippen molar-refractivity contribution in [1.82, 2.24) is 4.90 Å². The molecule has 0 spiro atoms. The van der Waals surface area contributed by atoms with E-state index in [-0.39, 0.29) is 18.2 Å². The third kappa shape index (κ3) is 3.93. The molecule has 2 aromatic carbocycles. The van der Waals surface area contributed by atoms with Crippen molar-refractivity contribution in [3.63, 3.8) is 0 Å². The molecule has 0 bridgehead atoms. The lowest BCUT2D eigenvalue weighted by atomic mass is 9.86. The van der Waals surface area contributed by atoms with Gasteiger partial charge in [0, 0.05) is 28.6 Å². The first-order valence-corrected chi connectivity index (χ1v) is 11.1. The van der Waals surface area contributed by atoms with Crippen molar-refractivity contribution in [2.45, 2.75) is 19.3 Å². The van der Waals surface area contributed by atoms with Crippen LogP contribution in [0.3, 0.4) is 0 Å². The molecule has 160 valence electrons. The number of thioether (sulfide) groups is 1. The third-order valence-electron chi connectivity index (χ3n) is 5.63. The van der Waals surface area contributed by atoms with Crippen molar-refractivity contribution in [3.05, 3.63) is 63.1 Å². The van der Waals surface area contributed by atoms with Gasteiger partial charge in [-0.3, -0.25) is 9.69 Å². The molecule has 1 fully saturated rings. The van der Waals surface area contributed by atoms with Gasteiger partial charge in [0.2, 0.25) is 5.91 Å². The number of rotatable bonds is 4. The Balaban J connectivity index is 1.70. The Hall–Kier alpha value is -2.82. The van der Waals surface area contributed by atoms with Crippen LogP contribution in [0.4, 0.5) is 5.69 Å². The summed E-state index contributed by atoms with van der Waals surface area (Å²) in [5.74, 6) is 1.51. The van der Waals surface area contributed by atoms with Crippen LogP contribution in [0.2, 0.25) is 5.02 Å². The van der Waals surface area contributed by atoms with Gasteiger partial charge in [0.1, 0.15) is 11.5 Å². The van der Waals surface area contributed by atoms with E-state index >= 15 is 0 Å². The maximum atomic E-state index is 13.2. The molecule has 0 N–H and O–H groups in total. The molecule has 2 heterocycles. The lowest BCUT2D eigenvalue weighted by molar-refractivity contribution is -0.129. The fourth-order valence-electron chi connectivity index (χ4n) is 3.88. The number of anilines is 1. The number of aryl methyl sites for hydroxylation is 1. The molecule has 8 heteroatoms. The van der Waals surface area contributed by atoms with E-state index in [1.807, 2.05) is 37.3 Å². The van der Waals surface area contributed by atoms with Crippen LogP contribution in [-0.2, 0) is 4.79 Å². The summed E-state index contributed by atoms with van der Waals surface area (Å²) < 4.78 is 10.9. The zero-order chi connectivity index (χ0) is 22.1. The molecule has 0 saturated carbocycles. The van der Waals surface area contributed by atoms with Crippen molar-refractivity contribution in [2.75, 3.05) is 31.7 Å². The maximum absolute atomic E-state index is 13.2. The molecule has 1 saturated heterocycles. The zero-order valence-electron chi connectivity index (χ0n) is 17.5. The number of hydrogen-bond acceptors (Lipinski definition) is 6. The van der Waals surface area contributed by atoms with Crippen molar-refractivity contribution in [2.24, 2.45) is 0 Å². The van der Waals surface area contributed by atoms with Gasteiger partial charge in [-0.2, -0.15) is 5.26 Å². The molecule has 0 unspecified atom stereocenters. The number of carbonyl (C=O) groups is 1. The molecule has 1 amide bonds. The van der Waals surface area contributed by atoms with E-state index < -0.39 is 0 Å². The zero-order valence-corrected chi connectivity index (χ0v) is 19.1. The van der Waals surface area contributed by atoms with Crippen LogP contribution in [0.25, 0.3) is 0 Å². The lowest BCUT2D eigenvalue weighted by Crippen LogP contribution is -2.47. The van der Waals surface area contributed by atoms with Gasteiger partial charge < -0.3 is 14.4 Å². The summed E-state index contributed by atoms with van der Waals surface area (Å²) >= 11 is 7.79. The number of hydrogen-bond donors (Lipinski definition) is 0. The highest BCUT2D eigenvalue weighted by Crippen LogP contribution is 2.46. The van der Waals surface area contributed by atoms with E-state index in [2.05, 4.69) is 11.0 Å². The van der Waals surface area contributed by atoms with Crippen LogP contribution in [0, 0.1) is 18.3 Å². The number of amides is 1. The SMILES string of the molecule is COc1ccc(OC)c([C@@H]2CC(=O)N3CN(c4ccc(C)c(Cl)c4)CSC3=C2C#N)c1. The van der Waals surface area contributed by atoms with Gasteiger partial charge in [-0.05, 0) is 42.8 Å². The number of nitriles is 1. The summed E-state index contributed by atoms with van der Waals surface area (Å²) in [5.41, 5.74) is 3.32. The molecule has 0 aliphatic carbocycles. The number of fused-ring (bicyclic) bond motifs is 1. The fraction of sp³-hybridized carbons (Fsp3) is 0.304. The second kappa shape index (κ2) is 8.74. The summed E-state index contributed by atoms with van der Waals surface area (Å²) in [4.78, 5) is 17.0. The van der Waals surface area contributed by atoms with Crippen LogP contribution >= 0.6 is 23.4 Å². The van der Waals surface area contributed by atoms with Crippen LogP contribution < -0.4 is 14.4 Å². The second-order valence-corrected chi connectivity index (χ2v) is 8.75. The standard InChI is InChI=1S/C23H22ClN3O3S/c1-14-4-5-15(8-20(14)24)26-12-27-22(28)10-17(19(11-25)23(27)31-13-26)18-9-16(29-2)6-7-21(18)30-3/h4-9,17H,10,12-13H2,1-3H3/t17-/m0/s1. The summed E-state index contributed by atoms with van der Waals surface area (Å²) in [7, 11) is 3.17. The van der Waals surface area contributed by atoms with Gasteiger partial charge in [0.25, 0.3) is 0 Å². The number of allylic oxidation sites excluding steroid dienone is 1. The monoisotopic (exact) mass is 455 g/mol. The number of nitrogens with zero attached hydrogens (tertiary/aromatic N) is 3. The third-order valence-corrected chi connectivity index (χ3v) is 7.19. The number of carbonyl (C=O) groups excluding carboxylic acids is 1. The maximum Gasteiger partial charge on any atom is 0.229 e. The van der Waals surface area contributed by atoms with Gasteiger partial charge in [-0.15, -0.1) is 0 Å². The topological polar surface area (TPSA) is 65.8 Å². The Morgan fingerprint density at radius 1 is 1.19 bits per heavy atom. The van der Waals surface area contributed by atoms with Crippen LogP contribution in [0.15, 0.2) is 47.0 Å². The van der Waals surface area contributed by atoms with Gasteiger partial charge >= 0.3 is 0 Å². The Kier molecular flexibility index (Phi) is 6.03. The minimum Gasteiger partial charge on any atom is -0.497 e. The van der Waals surface area contributed by atoms with Crippen LogP contribution in [0.1, 0.15) is 23.5 Å². The summed E-state index contributed by atoms with van der Waals surface area (Å²) in [6, 6.07) is 13.7. The Labute approximate surface area is 191 Å². The molecular formula is C23H22ClN3O3S. The van der Waals surface area contributed by atoms with E-state index in [4.69, 9.17) is 21.1 Å². The second-order valence-electron chi connectivity index (χ2n) is 7.41. The molecule has 6 nitrogen and oxygen atoms in total. The quantitative estimate of drug-likeness (QED) is 0.654. The largest absolute Gasteiger partial charge is 0.497 e. The Morgan fingerprint density at radius 2 is 2.00 bits per heavy atom. The minimum absolute atomic E-state index is 0.0284. The van der Waals surface area contributed by atoms with Crippen LogP contribution in [0.5, 0.6) is 11.5 Å². The Bertz CT molecular complexity index is 1110. The highest BCUT2D eigenvalue weighted by molar-refractivity contribution is 8.03. The molecule has 31 heavy (non-hydrogen) atoms. The molecule has 0 radical (unpaired) electrons. The van der Waals surface area contributed by atoms with Gasteiger partial charge in [0.15, 0.2) is 0 Å². The van der Waals surface area contributed by atoms with Crippen molar-refractivity contribution >= 4 is 35.0 Å². The predicted molar refractivity (Wildman–Crippen MR) is 122 cm³/mol. The van der Waals surface area contributed by atoms with E-state index in [1.54, 1.807) is 25.2 Å². The van der Waals surface area contributed by atoms with E-state index in [9.17, 15) is 10.1 Å². The molecule has 4 rings (SSSR count). The first-order valence-electron chi connectivity index (χ1n) is 9.77. The minimum atomic E-state index is -0.373. The molecule has 1 atom stereocenters. The lowest BCUT2D eigenvalue weighted by Gasteiger charge is -2.42. The van der Waals surface area contributed by atoms with Crippen molar-refractivity contribution < 1.29 is 14.3 Å². The Morgan fingerprint density at radius 3 is 2.68 bits per heavy atom. The normalized spacial score (nSPS) is 18.5. The average Bonchev–Trinajstić information content (AvgIpc) is 2.80. The van der Waals surface area contributed by atoms with Crippen molar-refractivity contribution in [1.29, 1.82) is 5.26 Å². The van der Waals surface area contributed by atoms with Crippen LogP contribution in [-0.4, -0.2) is 37.6 Å². The predicted octanol–water partition coefficient (Wildman–Crippen LogP) is 4.89. The molecule has 0 aromatic heterocycles. The van der Waals surface area contributed by atoms with Crippen molar-refractivity contribution in [3.8, 4) is 17.6 Å². The first-order chi connectivity index (χ1) is 15.0. The van der Waals surface area contributed by atoms with E-state index in [1.165, 1.54) is 11.8 Å². The highest BCUT2D eigenvalue weighted by Gasteiger charge is 2.39. The number of halogens is 1. The van der Waals surface area contributed by atoms with Gasteiger partial charge in [0.05, 0.1) is 43.4 Å². The van der Waals surface area contributed by atoms with Gasteiger partial charge in [-0.25, -0.2) is 0 Å². The van der Waals surface area contributed by atoms with E-state index in [0.29, 0.717) is 39.7 Å². The molecule has 2 aromatic rings. The summed E-state index contributed by atoms with van der Waals surface area (Å²) in [6.45, 7) is 2.34. The smallest absolute Gasteiger partial charge is 0.229 e. The van der Waals surface area contributed by atoms with Gasteiger partial charge in [-0.1, -0.05) is 29.4 Å². The first kappa shape index (κ1) is 21.4. The fourth-order valence-corrected chi connectivity index (χ4v) is 5.22. The molecule has 2 aliphatic heterocycles. The number of methoxy groups -OCH3 is 2. The summed E-state index contributed by atoms with van der Waals surface area (Å²) in [5, 5.41) is 11.4. The number of ether oxygens (including phenoxy) is 2. The molecular weight excluding hydrogens is 434 g/mol. The molecule has 2 aliphatic rings. The average molecular weight is 456 g/mol. The number of benzene rings is 2. The summed E-state index contributed by atoms with van der Waals surface area (Å²) in [6.07, 6.45) is 0.193. The highest BCUT2D eigenvalue weighted by atomic mass is 35.5. The van der Waals surface area contributed by atoms with E-state index in [0.717, 1.165) is 16.8 Å².